The molecule has 1 aliphatic rings. The molecular formula is C27H26N6O3. The number of aromatic nitrogens is 4. The number of hydrogen-bond donors (Lipinski definition) is 1. The summed E-state index contributed by atoms with van der Waals surface area (Å²) < 4.78 is 1.14. The van der Waals surface area contributed by atoms with Gasteiger partial charge >= 0.3 is 0 Å². The standard InChI is InChI=1S/C27H26N6O3/c1-18-7-6-10-21(15-18)33-25(35)17-23(34)26(30-33)27(36)32-13-11-31(12-14-32)24-16-22(28-19(2)29-24)20-8-4-3-5-9-20/h3-10,15-17,34H,11-14H2,1-2H3. The van der Waals surface area contributed by atoms with Gasteiger partial charge in [-0.25, -0.2) is 9.97 Å². The Labute approximate surface area is 208 Å². The molecule has 182 valence electrons. The Kier molecular flexibility index (Phi) is 6.20. The van der Waals surface area contributed by atoms with Crippen molar-refractivity contribution >= 4 is 11.7 Å². The Balaban J connectivity index is 1.34. The number of benzene rings is 2. The molecule has 1 amide bonds. The van der Waals surface area contributed by atoms with Crippen LogP contribution in [0.1, 0.15) is 21.9 Å². The molecule has 0 radical (unpaired) electrons. The summed E-state index contributed by atoms with van der Waals surface area (Å²) in [6.07, 6.45) is 0. The van der Waals surface area contributed by atoms with E-state index in [-0.39, 0.29) is 5.69 Å². The highest BCUT2D eigenvalue weighted by molar-refractivity contribution is 5.94. The second kappa shape index (κ2) is 9.61. The van der Waals surface area contributed by atoms with Crippen LogP contribution in [0.15, 0.2) is 71.5 Å². The molecule has 0 aliphatic carbocycles. The Morgan fingerprint density at radius 2 is 1.64 bits per heavy atom. The third-order valence-corrected chi connectivity index (χ3v) is 6.15. The fourth-order valence-electron chi connectivity index (χ4n) is 4.30. The van der Waals surface area contributed by atoms with Crippen molar-refractivity contribution in [2.45, 2.75) is 13.8 Å². The van der Waals surface area contributed by atoms with Crippen LogP contribution >= 0.6 is 0 Å². The second-order valence-corrected chi connectivity index (χ2v) is 8.77. The van der Waals surface area contributed by atoms with Crippen LogP contribution in [-0.4, -0.2) is 61.8 Å². The maximum absolute atomic E-state index is 13.3. The van der Waals surface area contributed by atoms with E-state index in [4.69, 9.17) is 0 Å². The second-order valence-electron chi connectivity index (χ2n) is 8.77. The number of carbonyl (C=O) groups is 1. The average Bonchev–Trinajstić information content (AvgIpc) is 2.89. The first-order chi connectivity index (χ1) is 17.4. The van der Waals surface area contributed by atoms with E-state index < -0.39 is 17.2 Å². The van der Waals surface area contributed by atoms with Crippen LogP contribution < -0.4 is 10.5 Å². The molecule has 0 unspecified atom stereocenters. The van der Waals surface area contributed by atoms with Crippen molar-refractivity contribution in [3.8, 4) is 22.7 Å². The highest BCUT2D eigenvalue weighted by atomic mass is 16.3. The van der Waals surface area contributed by atoms with Gasteiger partial charge in [0.1, 0.15) is 11.6 Å². The van der Waals surface area contributed by atoms with Crippen molar-refractivity contribution in [1.82, 2.24) is 24.6 Å². The van der Waals surface area contributed by atoms with Crippen molar-refractivity contribution in [1.29, 1.82) is 0 Å². The molecule has 0 spiro atoms. The molecule has 9 nitrogen and oxygen atoms in total. The maximum atomic E-state index is 13.3. The monoisotopic (exact) mass is 482 g/mol. The number of piperazine rings is 1. The SMILES string of the molecule is Cc1cccc(-n2nc(C(=O)N3CCN(c4cc(-c5ccccc5)nc(C)n4)CC3)c(O)cc2=O)c1. The van der Waals surface area contributed by atoms with Crippen LogP contribution in [0, 0.1) is 13.8 Å². The summed E-state index contributed by atoms with van der Waals surface area (Å²) >= 11 is 0. The predicted octanol–water partition coefficient (Wildman–Crippen LogP) is 2.97. The Hall–Kier alpha value is -4.53. The molecule has 0 bridgehead atoms. The third kappa shape index (κ3) is 4.68. The minimum absolute atomic E-state index is 0.145. The van der Waals surface area contributed by atoms with Gasteiger partial charge in [-0.2, -0.15) is 9.78 Å². The van der Waals surface area contributed by atoms with E-state index in [1.807, 2.05) is 62.4 Å². The van der Waals surface area contributed by atoms with Gasteiger partial charge in [-0.3, -0.25) is 9.59 Å². The number of hydrogen-bond acceptors (Lipinski definition) is 7. The van der Waals surface area contributed by atoms with Crippen LogP contribution in [0.4, 0.5) is 5.82 Å². The molecule has 0 saturated carbocycles. The number of aryl methyl sites for hydroxylation is 2. The largest absolute Gasteiger partial charge is 0.505 e. The summed E-state index contributed by atoms with van der Waals surface area (Å²) in [6, 6.07) is 20.2. The highest BCUT2D eigenvalue weighted by Gasteiger charge is 2.27. The summed E-state index contributed by atoms with van der Waals surface area (Å²) in [5.41, 5.74) is 2.70. The number of aromatic hydroxyl groups is 1. The first-order valence-corrected chi connectivity index (χ1v) is 11.7. The summed E-state index contributed by atoms with van der Waals surface area (Å²) in [5.74, 6) is 0.646. The van der Waals surface area contributed by atoms with E-state index >= 15 is 0 Å². The smallest absolute Gasteiger partial charge is 0.278 e. The van der Waals surface area contributed by atoms with Gasteiger partial charge in [-0.15, -0.1) is 0 Å². The number of carbonyl (C=O) groups excluding carboxylic acids is 1. The minimum atomic E-state index is -0.507. The topological polar surface area (TPSA) is 104 Å². The molecule has 2 aromatic heterocycles. The number of rotatable bonds is 4. The average molecular weight is 483 g/mol. The van der Waals surface area contributed by atoms with Crippen LogP contribution in [0.3, 0.4) is 0 Å². The van der Waals surface area contributed by atoms with Crippen molar-refractivity contribution < 1.29 is 9.90 Å². The fourth-order valence-corrected chi connectivity index (χ4v) is 4.30. The zero-order valence-electron chi connectivity index (χ0n) is 20.1. The zero-order valence-corrected chi connectivity index (χ0v) is 20.1. The molecule has 1 fully saturated rings. The van der Waals surface area contributed by atoms with Crippen LogP contribution in [0.5, 0.6) is 5.75 Å². The molecule has 3 heterocycles. The summed E-state index contributed by atoms with van der Waals surface area (Å²) in [6.45, 7) is 5.75. The Bertz CT molecular complexity index is 1480. The van der Waals surface area contributed by atoms with E-state index in [2.05, 4.69) is 20.0 Å². The molecular weight excluding hydrogens is 456 g/mol. The molecule has 1 saturated heterocycles. The van der Waals surface area contributed by atoms with Gasteiger partial charge in [-0.1, -0.05) is 42.5 Å². The predicted molar refractivity (Wildman–Crippen MR) is 137 cm³/mol. The molecule has 2 aromatic carbocycles. The lowest BCUT2D eigenvalue weighted by molar-refractivity contribution is 0.0735. The molecule has 0 atom stereocenters. The van der Waals surface area contributed by atoms with Crippen molar-refractivity contribution in [2.24, 2.45) is 0 Å². The minimum Gasteiger partial charge on any atom is -0.505 e. The number of nitrogens with zero attached hydrogens (tertiary/aromatic N) is 6. The van der Waals surface area contributed by atoms with Gasteiger partial charge in [0.25, 0.3) is 11.5 Å². The van der Waals surface area contributed by atoms with Crippen molar-refractivity contribution in [3.05, 3.63) is 94.2 Å². The fraction of sp³-hybridized carbons (Fsp3) is 0.222. The first kappa shape index (κ1) is 23.2. The zero-order chi connectivity index (χ0) is 25.2. The van der Waals surface area contributed by atoms with E-state index in [9.17, 15) is 14.7 Å². The van der Waals surface area contributed by atoms with E-state index in [0.717, 1.165) is 33.4 Å². The number of amides is 1. The van der Waals surface area contributed by atoms with Gasteiger partial charge in [-0.05, 0) is 31.5 Å². The molecule has 9 heteroatoms. The third-order valence-electron chi connectivity index (χ3n) is 6.15. The van der Waals surface area contributed by atoms with Crippen LogP contribution in [0.25, 0.3) is 16.9 Å². The lowest BCUT2D eigenvalue weighted by Crippen LogP contribution is -2.49. The molecule has 5 rings (SSSR count). The lowest BCUT2D eigenvalue weighted by Gasteiger charge is -2.35. The van der Waals surface area contributed by atoms with Crippen molar-refractivity contribution in [2.75, 3.05) is 31.1 Å². The summed E-state index contributed by atoms with van der Waals surface area (Å²) in [4.78, 5) is 38.7. The molecule has 1 N–H and O–H groups in total. The molecule has 4 aromatic rings. The first-order valence-electron chi connectivity index (χ1n) is 11.7. The number of anilines is 1. The van der Waals surface area contributed by atoms with Gasteiger partial charge in [0.2, 0.25) is 0 Å². The quantitative estimate of drug-likeness (QED) is 0.477. The van der Waals surface area contributed by atoms with Crippen LogP contribution in [-0.2, 0) is 0 Å². The highest BCUT2D eigenvalue weighted by Crippen LogP contribution is 2.23. The summed E-state index contributed by atoms with van der Waals surface area (Å²) in [5, 5.41) is 14.6. The van der Waals surface area contributed by atoms with Gasteiger partial charge in [0.05, 0.1) is 11.4 Å². The van der Waals surface area contributed by atoms with Gasteiger partial charge < -0.3 is 14.9 Å². The maximum Gasteiger partial charge on any atom is 0.278 e. The molecule has 36 heavy (non-hydrogen) atoms. The van der Waals surface area contributed by atoms with Gasteiger partial charge in [0.15, 0.2) is 11.4 Å². The van der Waals surface area contributed by atoms with E-state index in [0.29, 0.717) is 37.7 Å². The normalized spacial score (nSPS) is 13.6. The van der Waals surface area contributed by atoms with Crippen LogP contribution in [0.2, 0.25) is 0 Å². The van der Waals surface area contributed by atoms with Crippen molar-refractivity contribution in [3.63, 3.8) is 0 Å². The van der Waals surface area contributed by atoms with E-state index in [1.54, 1.807) is 17.0 Å². The van der Waals surface area contributed by atoms with E-state index in [1.165, 1.54) is 0 Å². The summed E-state index contributed by atoms with van der Waals surface area (Å²) in [7, 11) is 0. The Morgan fingerprint density at radius 1 is 0.889 bits per heavy atom. The lowest BCUT2D eigenvalue weighted by atomic mass is 10.1. The van der Waals surface area contributed by atoms with Gasteiger partial charge in [0, 0.05) is 43.9 Å². The molecule has 1 aliphatic heterocycles. The Morgan fingerprint density at radius 3 is 2.36 bits per heavy atom.